The molecule has 0 radical (unpaired) electrons. The van der Waals surface area contributed by atoms with Crippen LogP contribution >= 0.6 is 0 Å². The van der Waals surface area contributed by atoms with Gasteiger partial charge < -0.3 is 9.26 Å². The van der Waals surface area contributed by atoms with E-state index in [4.69, 9.17) is 9.26 Å². The van der Waals surface area contributed by atoms with Gasteiger partial charge in [0.1, 0.15) is 5.75 Å². The maximum atomic E-state index is 11.2. The number of aromatic nitrogens is 2. The molecule has 2 aromatic rings. The molecule has 1 aliphatic heterocycles. The van der Waals surface area contributed by atoms with Crippen LogP contribution in [0.2, 0.25) is 0 Å². The van der Waals surface area contributed by atoms with Crippen molar-refractivity contribution >= 4 is 5.78 Å². The minimum Gasteiger partial charge on any atom is -0.493 e. The first kappa shape index (κ1) is 11.0. The highest BCUT2D eigenvalue weighted by molar-refractivity contribution is 5.89. The lowest BCUT2D eigenvalue weighted by Gasteiger charge is -2.23. The van der Waals surface area contributed by atoms with Crippen LogP contribution in [0, 0.1) is 0 Å². The predicted octanol–water partition coefficient (Wildman–Crippen LogP) is 2.19. The lowest BCUT2D eigenvalue weighted by atomic mass is 9.92. The number of hydrogen-bond donors (Lipinski definition) is 0. The molecular weight excluding hydrogens is 232 g/mol. The first-order chi connectivity index (χ1) is 8.75. The van der Waals surface area contributed by atoms with Crippen LogP contribution in [-0.4, -0.2) is 22.5 Å². The van der Waals surface area contributed by atoms with Gasteiger partial charge in [0.05, 0.1) is 12.5 Å². The monoisotopic (exact) mass is 244 g/mol. The Kier molecular flexibility index (Phi) is 2.59. The maximum Gasteiger partial charge on any atom is 0.293 e. The Bertz CT molecular complexity index is 591. The number of fused-ring (bicyclic) bond motifs is 1. The summed E-state index contributed by atoms with van der Waals surface area (Å²) in [4.78, 5) is 15.3. The van der Waals surface area contributed by atoms with Gasteiger partial charge in [-0.15, -0.1) is 0 Å². The van der Waals surface area contributed by atoms with Crippen LogP contribution in [0.15, 0.2) is 28.8 Å². The number of nitrogens with zero attached hydrogens (tertiary/aromatic N) is 2. The van der Waals surface area contributed by atoms with E-state index < -0.39 is 0 Å². The number of carbonyl (C=O) groups is 1. The molecule has 0 spiro atoms. The predicted molar refractivity (Wildman–Crippen MR) is 62.7 cm³/mol. The molecule has 0 saturated heterocycles. The molecule has 1 aromatic heterocycles. The summed E-state index contributed by atoms with van der Waals surface area (Å²) >= 11 is 0. The molecule has 0 amide bonds. The van der Waals surface area contributed by atoms with E-state index in [-0.39, 0.29) is 17.6 Å². The fraction of sp³-hybridized carbons (Fsp3) is 0.308. The van der Waals surface area contributed by atoms with Crippen LogP contribution < -0.4 is 4.74 Å². The number of Topliss-reactive ketones (excluding diaryl/α,β-unsaturated/α-hetero) is 1. The molecular formula is C13H12N2O3. The second-order valence-corrected chi connectivity index (χ2v) is 4.24. The molecule has 0 fully saturated rings. The average molecular weight is 244 g/mol. The SMILES string of the molecule is CC(=O)c1nc(C2CCOc3ccccc32)no1. The molecule has 0 aliphatic carbocycles. The fourth-order valence-electron chi connectivity index (χ4n) is 2.13. The Morgan fingerprint density at radius 2 is 2.22 bits per heavy atom. The minimum absolute atomic E-state index is 0.0341. The standard InChI is InChI=1S/C13H12N2O3/c1-8(16)13-14-12(15-18-13)10-6-7-17-11-5-3-2-4-9(10)11/h2-5,10H,6-7H2,1H3. The molecule has 5 nitrogen and oxygen atoms in total. The first-order valence-electron chi connectivity index (χ1n) is 5.82. The molecule has 0 bridgehead atoms. The number of carbonyl (C=O) groups excluding carboxylic acids is 1. The van der Waals surface area contributed by atoms with Crippen LogP contribution in [-0.2, 0) is 0 Å². The lowest BCUT2D eigenvalue weighted by molar-refractivity contribution is 0.0972. The third-order valence-electron chi connectivity index (χ3n) is 3.01. The molecule has 5 heteroatoms. The molecule has 1 atom stereocenters. The van der Waals surface area contributed by atoms with Gasteiger partial charge in [0, 0.05) is 12.5 Å². The van der Waals surface area contributed by atoms with Crippen molar-refractivity contribution in [1.29, 1.82) is 0 Å². The van der Waals surface area contributed by atoms with E-state index in [9.17, 15) is 4.79 Å². The van der Waals surface area contributed by atoms with Gasteiger partial charge in [-0.05, 0) is 12.5 Å². The molecule has 92 valence electrons. The number of ether oxygens (including phenoxy) is 1. The van der Waals surface area contributed by atoms with E-state index in [1.807, 2.05) is 24.3 Å². The van der Waals surface area contributed by atoms with Crippen molar-refractivity contribution in [2.24, 2.45) is 0 Å². The third-order valence-corrected chi connectivity index (χ3v) is 3.01. The van der Waals surface area contributed by atoms with Gasteiger partial charge in [-0.3, -0.25) is 4.79 Å². The van der Waals surface area contributed by atoms with Crippen LogP contribution in [0.5, 0.6) is 5.75 Å². The number of benzene rings is 1. The van der Waals surface area contributed by atoms with Crippen molar-refractivity contribution in [2.45, 2.75) is 19.3 Å². The molecule has 0 saturated carbocycles. The van der Waals surface area contributed by atoms with E-state index in [0.29, 0.717) is 12.4 Å². The third kappa shape index (κ3) is 1.77. The number of ketones is 1. The van der Waals surface area contributed by atoms with Gasteiger partial charge in [-0.2, -0.15) is 4.98 Å². The summed E-state index contributed by atoms with van der Waals surface area (Å²) in [6.45, 7) is 2.03. The zero-order valence-corrected chi connectivity index (χ0v) is 9.92. The summed E-state index contributed by atoms with van der Waals surface area (Å²) in [6, 6.07) is 7.79. The van der Waals surface area contributed by atoms with E-state index in [2.05, 4.69) is 10.1 Å². The van der Waals surface area contributed by atoms with Gasteiger partial charge >= 0.3 is 0 Å². The maximum absolute atomic E-state index is 11.2. The minimum atomic E-state index is -0.214. The summed E-state index contributed by atoms with van der Waals surface area (Å²) in [5, 5.41) is 3.90. The Morgan fingerprint density at radius 1 is 1.39 bits per heavy atom. The second-order valence-electron chi connectivity index (χ2n) is 4.24. The van der Waals surface area contributed by atoms with Crippen molar-refractivity contribution < 1.29 is 14.1 Å². The fourth-order valence-corrected chi connectivity index (χ4v) is 2.13. The number of para-hydroxylation sites is 1. The quantitative estimate of drug-likeness (QED) is 0.757. The number of rotatable bonds is 2. The van der Waals surface area contributed by atoms with Crippen molar-refractivity contribution in [2.75, 3.05) is 6.61 Å². The van der Waals surface area contributed by atoms with E-state index >= 15 is 0 Å². The van der Waals surface area contributed by atoms with Crippen molar-refractivity contribution in [1.82, 2.24) is 10.1 Å². The summed E-state index contributed by atoms with van der Waals surface area (Å²) in [5.41, 5.74) is 1.04. The topological polar surface area (TPSA) is 65.2 Å². The Labute approximate surface area is 104 Å². The smallest absolute Gasteiger partial charge is 0.293 e. The van der Waals surface area contributed by atoms with Gasteiger partial charge in [-0.25, -0.2) is 0 Å². The highest BCUT2D eigenvalue weighted by Crippen LogP contribution is 2.36. The van der Waals surface area contributed by atoms with Gasteiger partial charge in [0.2, 0.25) is 5.78 Å². The molecule has 3 rings (SSSR count). The molecule has 0 N–H and O–H groups in total. The summed E-state index contributed by atoms with van der Waals surface area (Å²) in [7, 11) is 0. The molecule has 1 unspecified atom stereocenters. The summed E-state index contributed by atoms with van der Waals surface area (Å²) in [6.07, 6.45) is 0.786. The largest absolute Gasteiger partial charge is 0.493 e. The van der Waals surface area contributed by atoms with E-state index in [1.54, 1.807) is 0 Å². The molecule has 2 heterocycles. The van der Waals surface area contributed by atoms with Crippen LogP contribution in [0.4, 0.5) is 0 Å². The van der Waals surface area contributed by atoms with Crippen molar-refractivity contribution in [3.63, 3.8) is 0 Å². The molecule has 18 heavy (non-hydrogen) atoms. The molecule has 1 aliphatic rings. The average Bonchev–Trinajstić information content (AvgIpc) is 2.87. The lowest BCUT2D eigenvalue weighted by Crippen LogP contribution is -2.16. The summed E-state index contributed by atoms with van der Waals surface area (Å²) in [5.74, 6) is 1.29. The van der Waals surface area contributed by atoms with Gasteiger partial charge in [0.25, 0.3) is 5.89 Å². The Morgan fingerprint density at radius 3 is 3.00 bits per heavy atom. The zero-order chi connectivity index (χ0) is 12.5. The van der Waals surface area contributed by atoms with Crippen molar-refractivity contribution in [3.8, 4) is 5.75 Å². The molecule has 1 aromatic carbocycles. The number of hydrogen-bond acceptors (Lipinski definition) is 5. The van der Waals surface area contributed by atoms with E-state index in [0.717, 1.165) is 17.7 Å². The van der Waals surface area contributed by atoms with E-state index in [1.165, 1.54) is 6.92 Å². The van der Waals surface area contributed by atoms with Crippen LogP contribution in [0.1, 0.15) is 41.3 Å². The summed E-state index contributed by atoms with van der Waals surface area (Å²) < 4.78 is 10.5. The second kappa shape index (κ2) is 4.25. The highest BCUT2D eigenvalue weighted by atomic mass is 16.5. The normalized spacial score (nSPS) is 17.9. The van der Waals surface area contributed by atoms with Crippen LogP contribution in [0.25, 0.3) is 0 Å². The highest BCUT2D eigenvalue weighted by Gasteiger charge is 2.27. The zero-order valence-electron chi connectivity index (χ0n) is 9.92. The Balaban J connectivity index is 2.00. The Hall–Kier alpha value is -2.17. The van der Waals surface area contributed by atoms with Crippen molar-refractivity contribution in [3.05, 3.63) is 41.5 Å². The van der Waals surface area contributed by atoms with Gasteiger partial charge in [-0.1, -0.05) is 23.4 Å². The van der Waals surface area contributed by atoms with Gasteiger partial charge in [0.15, 0.2) is 5.82 Å². The first-order valence-corrected chi connectivity index (χ1v) is 5.82. The van der Waals surface area contributed by atoms with Crippen LogP contribution in [0.3, 0.4) is 0 Å².